The van der Waals surface area contributed by atoms with Gasteiger partial charge in [0.2, 0.25) is 0 Å². The molecular formula is C20H21N3O4S. The van der Waals surface area contributed by atoms with E-state index in [0.29, 0.717) is 12.1 Å². The second-order valence-corrected chi connectivity index (χ2v) is 9.22. The third-order valence-corrected chi connectivity index (χ3v) is 7.41. The summed E-state index contributed by atoms with van der Waals surface area (Å²) in [7, 11) is -3.76. The molecule has 1 N–H and O–H groups in total. The molecule has 0 unspecified atom stereocenters. The van der Waals surface area contributed by atoms with Crippen molar-refractivity contribution >= 4 is 32.5 Å². The lowest BCUT2D eigenvalue weighted by atomic mass is 10.0. The molecule has 2 aromatic carbocycles. The summed E-state index contributed by atoms with van der Waals surface area (Å²) >= 11 is 0. The molecule has 3 aromatic rings. The number of aromatic nitrogens is 1. The van der Waals surface area contributed by atoms with Gasteiger partial charge in [-0.2, -0.15) is 0 Å². The predicted molar refractivity (Wildman–Crippen MR) is 108 cm³/mol. The van der Waals surface area contributed by atoms with E-state index in [0.717, 1.165) is 42.9 Å². The van der Waals surface area contributed by atoms with Crippen LogP contribution < -0.4 is 15.0 Å². The van der Waals surface area contributed by atoms with Crippen LogP contribution in [0, 0.1) is 0 Å². The Morgan fingerprint density at radius 2 is 1.79 bits per heavy atom. The van der Waals surface area contributed by atoms with Crippen molar-refractivity contribution in [2.24, 2.45) is 0 Å². The fourth-order valence-electron chi connectivity index (χ4n) is 4.16. The molecule has 7 nitrogen and oxygen atoms in total. The number of anilines is 2. The number of fused-ring (bicyclic) bond motifs is 2. The van der Waals surface area contributed by atoms with E-state index >= 15 is 0 Å². The number of benzene rings is 2. The van der Waals surface area contributed by atoms with E-state index in [1.807, 2.05) is 6.07 Å². The van der Waals surface area contributed by atoms with E-state index in [4.69, 9.17) is 4.42 Å². The van der Waals surface area contributed by atoms with Crippen LogP contribution in [0.1, 0.15) is 24.8 Å². The molecule has 0 radical (unpaired) electrons. The zero-order valence-corrected chi connectivity index (χ0v) is 16.2. The van der Waals surface area contributed by atoms with Crippen molar-refractivity contribution < 1.29 is 12.8 Å². The molecule has 0 spiro atoms. The number of nitrogens with one attached hydrogen (secondary N) is 1. The molecule has 0 aliphatic carbocycles. The summed E-state index contributed by atoms with van der Waals surface area (Å²) in [5.74, 6) is -0.594. The molecule has 0 bridgehead atoms. The first-order valence-corrected chi connectivity index (χ1v) is 11.0. The number of aromatic amines is 1. The summed E-state index contributed by atoms with van der Waals surface area (Å²) in [5, 5.41) is 0. The first kappa shape index (κ1) is 17.4. The number of rotatable bonds is 3. The van der Waals surface area contributed by atoms with E-state index < -0.39 is 15.8 Å². The van der Waals surface area contributed by atoms with Crippen LogP contribution in [-0.2, 0) is 16.4 Å². The van der Waals surface area contributed by atoms with Crippen molar-refractivity contribution in [2.75, 3.05) is 28.8 Å². The number of aryl methyl sites for hydroxylation is 1. The molecule has 1 aromatic heterocycles. The minimum atomic E-state index is -3.76. The molecule has 28 heavy (non-hydrogen) atoms. The fourth-order valence-corrected chi connectivity index (χ4v) is 5.71. The lowest BCUT2D eigenvalue weighted by molar-refractivity contribution is 0.553. The maximum Gasteiger partial charge on any atom is 0.417 e. The van der Waals surface area contributed by atoms with Gasteiger partial charge in [0.25, 0.3) is 10.0 Å². The molecule has 8 heteroatoms. The van der Waals surface area contributed by atoms with Crippen molar-refractivity contribution in [3.63, 3.8) is 0 Å². The Balaban J connectivity index is 1.58. The van der Waals surface area contributed by atoms with Crippen LogP contribution in [0.4, 0.5) is 11.4 Å². The molecule has 5 rings (SSSR count). The molecule has 2 aliphatic heterocycles. The summed E-state index contributed by atoms with van der Waals surface area (Å²) in [6, 6.07) is 10.7. The second kappa shape index (κ2) is 6.41. The monoisotopic (exact) mass is 399 g/mol. The number of hydrogen-bond acceptors (Lipinski definition) is 5. The van der Waals surface area contributed by atoms with Crippen LogP contribution in [0.3, 0.4) is 0 Å². The van der Waals surface area contributed by atoms with Crippen LogP contribution in [-0.4, -0.2) is 33.0 Å². The molecule has 1 fully saturated rings. The maximum absolute atomic E-state index is 13.4. The van der Waals surface area contributed by atoms with Crippen LogP contribution in [0.15, 0.2) is 50.5 Å². The minimum absolute atomic E-state index is 0.127. The van der Waals surface area contributed by atoms with Crippen molar-refractivity contribution in [1.29, 1.82) is 0 Å². The Morgan fingerprint density at radius 3 is 2.61 bits per heavy atom. The van der Waals surface area contributed by atoms with E-state index in [1.165, 1.54) is 29.3 Å². The fraction of sp³-hybridized carbons (Fsp3) is 0.350. The molecule has 0 saturated carbocycles. The quantitative estimate of drug-likeness (QED) is 0.732. The van der Waals surface area contributed by atoms with Crippen molar-refractivity contribution in [3.05, 3.63) is 52.5 Å². The Morgan fingerprint density at radius 1 is 0.964 bits per heavy atom. The highest BCUT2D eigenvalue weighted by atomic mass is 32.2. The summed E-state index contributed by atoms with van der Waals surface area (Å²) in [6.07, 6.45) is 3.98. The zero-order chi connectivity index (χ0) is 19.3. The number of H-pyrrole nitrogens is 1. The van der Waals surface area contributed by atoms with Gasteiger partial charge in [0.05, 0.1) is 16.1 Å². The summed E-state index contributed by atoms with van der Waals surface area (Å²) < 4.78 is 33.4. The average Bonchev–Trinajstić information content (AvgIpc) is 3.35. The van der Waals surface area contributed by atoms with Crippen LogP contribution in [0.5, 0.6) is 0 Å². The SMILES string of the molecule is O=c1[nH]c2ccc(S(=O)(=O)N3CCCc4ccc(N5CCCC5)cc43)cc2o1. The van der Waals surface area contributed by atoms with Crippen LogP contribution in [0.2, 0.25) is 0 Å². The first-order valence-electron chi connectivity index (χ1n) is 9.56. The van der Waals surface area contributed by atoms with Crippen molar-refractivity contribution in [2.45, 2.75) is 30.6 Å². The van der Waals surface area contributed by atoms with Gasteiger partial charge in [-0.05, 0) is 55.5 Å². The third-order valence-electron chi connectivity index (χ3n) is 5.60. The lowest BCUT2D eigenvalue weighted by Gasteiger charge is -2.32. The molecule has 0 amide bonds. The molecular weight excluding hydrogens is 378 g/mol. The molecule has 146 valence electrons. The average molecular weight is 399 g/mol. The highest BCUT2D eigenvalue weighted by Crippen LogP contribution is 2.36. The Labute approximate surface area is 162 Å². The van der Waals surface area contributed by atoms with Gasteiger partial charge in [0.1, 0.15) is 0 Å². The van der Waals surface area contributed by atoms with Crippen molar-refractivity contribution in [1.82, 2.24) is 4.98 Å². The highest BCUT2D eigenvalue weighted by Gasteiger charge is 2.30. The van der Waals surface area contributed by atoms with Gasteiger partial charge in [0.15, 0.2) is 5.58 Å². The minimum Gasteiger partial charge on any atom is -0.408 e. The van der Waals surface area contributed by atoms with Gasteiger partial charge < -0.3 is 9.32 Å². The van der Waals surface area contributed by atoms with Gasteiger partial charge in [-0.15, -0.1) is 0 Å². The summed E-state index contributed by atoms with van der Waals surface area (Å²) in [6.45, 7) is 2.46. The molecule has 3 heterocycles. The predicted octanol–water partition coefficient (Wildman–Crippen LogP) is 2.86. The zero-order valence-electron chi connectivity index (χ0n) is 15.3. The largest absolute Gasteiger partial charge is 0.417 e. The standard InChI is InChI=1S/C20H21N3O4S/c24-20-21-17-8-7-16(13-19(17)27-20)28(25,26)23-11-3-4-14-5-6-15(12-18(14)23)22-9-1-2-10-22/h5-8,12-13H,1-4,9-11H2,(H,21,24). The van der Waals surface area contributed by atoms with Crippen LogP contribution >= 0.6 is 0 Å². The van der Waals surface area contributed by atoms with E-state index in [1.54, 1.807) is 6.07 Å². The first-order chi connectivity index (χ1) is 13.5. The Hall–Kier alpha value is -2.74. The smallest absolute Gasteiger partial charge is 0.408 e. The Bertz CT molecular complexity index is 1210. The normalized spacial score (nSPS) is 17.3. The van der Waals surface area contributed by atoms with Gasteiger partial charge in [-0.1, -0.05) is 6.07 Å². The number of nitrogens with zero attached hydrogens (tertiary/aromatic N) is 2. The lowest BCUT2D eigenvalue weighted by Crippen LogP contribution is -2.35. The van der Waals surface area contributed by atoms with Gasteiger partial charge in [-0.3, -0.25) is 9.29 Å². The van der Waals surface area contributed by atoms with Gasteiger partial charge >= 0.3 is 5.76 Å². The maximum atomic E-state index is 13.4. The number of hydrogen-bond donors (Lipinski definition) is 1. The van der Waals surface area contributed by atoms with Gasteiger partial charge in [-0.25, -0.2) is 13.2 Å². The summed E-state index contributed by atoms with van der Waals surface area (Å²) in [5.41, 5.74) is 3.61. The summed E-state index contributed by atoms with van der Waals surface area (Å²) in [4.78, 5) is 16.4. The van der Waals surface area contributed by atoms with Crippen molar-refractivity contribution in [3.8, 4) is 0 Å². The van der Waals surface area contributed by atoms with Crippen LogP contribution in [0.25, 0.3) is 11.1 Å². The number of sulfonamides is 1. The molecule has 0 atom stereocenters. The Kier molecular flexibility index (Phi) is 3.97. The van der Waals surface area contributed by atoms with E-state index in [2.05, 4.69) is 22.0 Å². The molecule has 1 saturated heterocycles. The topological polar surface area (TPSA) is 86.6 Å². The second-order valence-electron chi connectivity index (χ2n) is 7.36. The van der Waals surface area contributed by atoms with Gasteiger partial charge in [0, 0.05) is 31.4 Å². The highest BCUT2D eigenvalue weighted by molar-refractivity contribution is 7.92. The molecule has 2 aliphatic rings. The van der Waals surface area contributed by atoms with E-state index in [9.17, 15) is 13.2 Å². The van der Waals surface area contributed by atoms with E-state index in [-0.39, 0.29) is 10.5 Å². The third kappa shape index (κ3) is 2.79. The number of oxazole rings is 1.